The summed E-state index contributed by atoms with van der Waals surface area (Å²) in [5.74, 6) is -1.38. The molecule has 1 aliphatic heterocycles. The molecule has 3 heterocycles. The highest BCUT2D eigenvalue weighted by atomic mass is 19.2. The summed E-state index contributed by atoms with van der Waals surface area (Å²) in [6.07, 6.45) is 9.48. The molecular weight excluding hydrogens is 450 g/mol. The third-order valence-electron chi connectivity index (χ3n) is 6.27. The van der Waals surface area contributed by atoms with E-state index in [9.17, 15) is 13.6 Å². The molecule has 5 rings (SSSR count). The molecule has 4 aromatic rings. The summed E-state index contributed by atoms with van der Waals surface area (Å²) in [6.45, 7) is 4.42. The van der Waals surface area contributed by atoms with E-state index in [1.54, 1.807) is 12.4 Å². The van der Waals surface area contributed by atoms with Gasteiger partial charge in [-0.3, -0.25) is 14.2 Å². The standard InChI is InChI=1S/C27H24F2N4O2/c1-2-24(34)32-14-4-3-7-21(32)27-31-26(22-16-30-13-15-33(22)27)19-11-9-18(10-12-19)17-35-23-8-5-6-20(28)25(23)29/h2,5-6,8-13,15-16,21H,1,3-4,7,14,17H2. The van der Waals surface area contributed by atoms with Crippen LogP contribution in [0.2, 0.25) is 0 Å². The van der Waals surface area contributed by atoms with Crippen LogP contribution in [0.4, 0.5) is 8.78 Å². The first-order valence-corrected chi connectivity index (χ1v) is 11.5. The number of piperidine rings is 1. The van der Waals surface area contributed by atoms with Gasteiger partial charge in [-0.2, -0.15) is 4.39 Å². The van der Waals surface area contributed by atoms with Crippen LogP contribution in [0.25, 0.3) is 16.8 Å². The average Bonchev–Trinajstić information content (AvgIpc) is 3.29. The quantitative estimate of drug-likeness (QED) is 0.347. The number of benzene rings is 2. The van der Waals surface area contributed by atoms with E-state index in [0.717, 1.165) is 53.5 Å². The van der Waals surface area contributed by atoms with Crippen molar-refractivity contribution in [2.24, 2.45) is 0 Å². The molecule has 1 saturated heterocycles. The van der Waals surface area contributed by atoms with Gasteiger partial charge in [-0.05, 0) is 43.0 Å². The predicted octanol–water partition coefficient (Wildman–Crippen LogP) is 5.49. The largest absolute Gasteiger partial charge is 0.486 e. The molecule has 1 atom stereocenters. The number of halogens is 2. The van der Waals surface area contributed by atoms with Gasteiger partial charge >= 0.3 is 0 Å². The Bertz CT molecular complexity index is 1380. The van der Waals surface area contributed by atoms with Gasteiger partial charge in [0, 0.05) is 24.5 Å². The van der Waals surface area contributed by atoms with Crippen LogP contribution >= 0.6 is 0 Å². The van der Waals surface area contributed by atoms with Crippen molar-refractivity contribution in [2.75, 3.05) is 6.54 Å². The van der Waals surface area contributed by atoms with Crippen LogP contribution in [0.15, 0.2) is 73.7 Å². The normalized spacial score (nSPS) is 15.8. The number of carbonyl (C=O) groups is 1. The van der Waals surface area contributed by atoms with Gasteiger partial charge in [-0.1, -0.05) is 36.9 Å². The minimum Gasteiger partial charge on any atom is -0.486 e. The zero-order valence-electron chi connectivity index (χ0n) is 19.0. The Kier molecular flexibility index (Phi) is 6.27. The summed E-state index contributed by atoms with van der Waals surface area (Å²) in [7, 11) is 0. The van der Waals surface area contributed by atoms with E-state index >= 15 is 0 Å². The molecule has 0 N–H and O–H groups in total. The molecule has 1 unspecified atom stereocenters. The molecule has 0 radical (unpaired) electrons. The minimum absolute atomic E-state index is 0.0953. The summed E-state index contributed by atoms with van der Waals surface area (Å²) < 4.78 is 34.7. The maximum Gasteiger partial charge on any atom is 0.246 e. The molecule has 0 saturated carbocycles. The first kappa shape index (κ1) is 22.7. The number of imidazole rings is 1. The van der Waals surface area contributed by atoms with Gasteiger partial charge in [-0.25, -0.2) is 9.37 Å². The van der Waals surface area contributed by atoms with Crippen LogP contribution in [0.3, 0.4) is 0 Å². The van der Waals surface area contributed by atoms with Gasteiger partial charge in [0.1, 0.15) is 12.4 Å². The Balaban J connectivity index is 1.44. The Hall–Kier alpha value is -4.07. The van der Waals surface area contributed by atoms with Crippen molar-refractivity contribution in [3.63, 3.8) is 0 Å². The third-order valence-corrected chi connectivity index (χ3v) is 6.27. The number of hydrogen-bond donors (Lipinski definition) is 0. The van der Waals surface area contributed by atoms with Crippen LogP contribution in [0.1, 0.15) is 36.7 Å². The van der Waals surface area contributed by atoms with Crippen molar-refractivity contribution in [2.45, 2.75) is 31.9 Å². The molecule has 0 aliphatic carbocycles. The lowest BCUT2D eigenvalue weighted by molar-refractivity contribution is -0.129. The van der Waals surface area contributed by atoms with Crippen molar-refractivity contribution in [1.29, 1.82) is 0 Å². The van der Waals surface area contributed by atoms with Crippen molar-refractivity contribution in [3.05, 3.63) is 96.7 Å². The maximum atomic E-state index is 13.8. The lowest BCUT2D eigenvalue weighted by atomic mass is 10.0. The molecule has 178 valence electrons. The smallest absolute Gasteiger partial charge is 0.246 e. The Morgan fingerprint density at radius 2 is 2.00 bits per heavy atom. The van der Waals surface area contributed by atoms with Gasteiger partial charge in [-0.15, -0.1) is 0 Å². The fraction of sp³-hybridized carbons (Fsp3) is 0.222. The summed E-state index contributed by atoms with van der Waals surface area (Å²) in [5, 5.41) is 0. The first-order chi connectivity index (χ1) is 17.1. The lowest BCUT2D eigenvalue weighted by Crippen LogP contribution is -2.38. The number of amides is 1. The van der Waals surface area contributed by atoms with Crippen LogP contribution < -0.4 is 4.74 Å². The average molecular weight is 475 g/mol. The van der Waals surface area contributed by atoms with Crippen LogP contribution in [0.5, 0.6) is 5.75 Å². The molecule has 6 nitrogen and oxygen atoms in total. The minimum atomic E-state index is -1.000. The van der Waals surface area contributed by atoms with Gasteiger partial charge < -0.3 is 9.64 Å². The lowest BCUT2D eigenvalue weighted by Gasteiger charge is -2.34. The second-order valence-electron chi connectivity index (χ2n) is 8.44. The monoisotopic (exact) mass is 474 g/mol. The highest BCUT2D eigenvalue weighted by molar-refractivity contribution is 5.87. The van der Waals surface area contributed by atoms with Crippen molar-refractivity contribution in [1.82, 2.24) is 19.3 Å². The number of hydrogen-bond acceptors (Lipinski definition) is 4. The van der Waals surface area contributed by atoms with E-state index in [2.05, 4.69) is 11.6 Å². The van der Waals surface area contributed by atoms with Crippen LogP contribution in [-0.4, -0.2) is 31.7 Å². The van der Waals surface area contributed by atoms with Crippen LogP contribution in [0, 0.1) is 11.6 Å². The highest BCUT2D eigenvalue weighted by Crippen LogP contribution is 2.34. The first-order valence-electron chi connectivity index (χ1n) is 11.5. The molecule has 2 aromatic carbocycles. The summed E-state index contributed by atoms with van der Waals surface area (Å²) in [4.78, 5) is 23.6. The molecular formula is C27H24F2N4O2. The topological polar surface area (TPSA) is 59.7 Å². The number of aromatic nitrogens is 3. The SMILES string of the molecule is C=CC(=O)N1CCCCC1c1nc(-c2ccc(COc3cccc(F)c3F)cc2)c2cnccn12. The molecule has 8 heteroatoms. The number of ether oxygens (including phenoxy) is 1. The zero-order valence-corrected chi connectivity index (χ0v) is 19.0. The van der Waals surface area contributed by atoms with Gasteiger partial charge in [0.25, 0.3) is 0 Å². The Morgan fingerprint density at radius 3 is 2.80 bits per heavy atom. The van der Waals surface area contributed by atoms with Gasteiger partial charge in [0.05, 0.1) is 23.4 Å². The Morgan fingerprint density at radius 1 is 1.17 bits per heavy atom. The fourth-order valence-electron chi connectivity index (χ4n) is 4.51. The highest BCUT2D eigenvalue weighted by Gasteiger charge is 2.30. The second-order valence-corrected chi connectivity index (χ2v) is 8.44. The van der Waals surface area contributed by atoms with Gasteiger partial charge in [0.15, 0.2) is 11.6 Å². The van der Waals surface area contributed by atoms with E-state index in [-0.39, 0.29) is 24.3 Å². The maximum absolute atomic E-state index is 13.8. The third kappa shape index (κ3) is 4.39. The van der Waals surface area contributed by atoms with Crippen molar-refractivity contribution in [3.8, 4) is 17.0 Å². The summed E-state index contributed by atoms with van der Waals surface area (Å²) in [5.41, 5.74) is 3.27. The van der Waals surface area contributed by atoms with E-state index in [1.807, 2.05) is 39.8 Å². The number of likely N-dealkylation sites (tertiary alicyclic amines) is 1. The Labute approximate surface area is 201 Å². The number of rotatable bonds is 6. The molecule has 1 fully saturated rings. The molecule has 35 heavy (non-hydrogen) atoms. The van der Waals surface area contributed by atoms with Crippen molar-refractivity contribution >= 4 is 11.4 Å². The van der Waals surface area contributed by atoms with E-state index < -0.39 is 11.6 Å². The molecule has 0 spiro atoms. The molecule has 0 bridgehead atoms. The van der Waals surface area contributed by atoms with Gasteiger partial charge in [0.2, 0.25) is 11.7 Å². The number of carbonyl (C=O) groups excluding carboxylic acids is 1. The number of fused-ring (bicyclic) bond motifs is 1. The summed E-state index contributed by atoms with van der Waals surface area (Å²) in [6, 6.07) is 11.2. The predicted molar refractivity (Wildman–Crippen MR) is 128 cm³/mol. The fourth-order valence-corrected chi connectivity index (χ4v) is 4.51. The van der Waals surface area contributed by atoms with Crippen molar-refractivity contribution < 1.29 is 18.3 Å². The zero-order chi connectivity index (χ0) is 24.4. The molecule has 1 amide bonds. The molecule has 2 aromatic heterocycles. The number of nitrogens with zero attached hydrogens (tertiary/aromatic N) is 4. The van der Waals surface area contributed by atoms with E-state index in [0.29, 0.717) is 6.54 Å². The van der Waals surface area contributed by atoms with E-state index in [4.69, 9.17) is 9.72 Å². The second kappa shape index (κ2) is 9.66. The molecule has 1 aliphatic rings. The van der Waals surface area contributed by atoms with E-state index in [1.165, 1.54) is 18.2 Å². The van der Waals surface area contributed by atoms with Crippen LogP contribution in [-0.2, 0) is 11.4 Å². The summed E-state index contributed by atoms with van der Waals surface area (Å²) >= 11 is 0.